The topological polar surface area (TPSA) is 397 Å². The van der Waals surface area contributed by atoms with Crippen molar-refractivity contribution in [3.05, 3.63) is 52.1 Å². The minimum absolute atomic E-state index is 0.0220. The second-order valence-electron chi connectivity index (χ2n) is 14.8. The summed E-state index contributed by atoms with van der Waals surface area (Å²) in [5, 5.41) is 28.0. The molecule has 2 aromatic heterocycles. The fraction of sp³-hybridized carbons (Fsp3) is 0.450. The fourth-order valence-electron chi connectivity index (χ4n) is 5.98. The van der Waals surface area contributed by atoms with Gasteiger partial charge in [0.05, 0.1) is 24.5 Å². The number of guanidine groups is 1. The van der Waals surface area contributed by atoms with Crippen LogP contribution in [0.2, 0.25) is 0 Å². The number of nitrogens with zero attached hydrogens (tertiary/aromatic N) is 3. The molecule has 65 heavy (non-hydrogen) atoms. The number of carbonyl (C=O) groups is 9. The molecule has 2 heterocycles. The van der Waals surface area contributed by atoms with Crippen molar-refractivity contribution in [2.45, 2.75) is 109 Å². The highest BCUT2D eigenvalue weighted by Crippen LogP contribution is 2.13. The first-order valence-corrected chi connectivity index (χ1v) is 20.6. The Hall–Kier alpha value is -7.86. The van der Waals surface area contributed by atoms with Gasteiger partial charge in [-0.2, -0.15) is 4.98 Å². The van der Waals surface area contributed by atoms with Crippen LogP contribution in [0.25, 0.3) is 11.2 Å². The monoisotopic (exact) mass is 905 g/mol. The van der Waals surface area contributed by atoms with Crippen LogP contribution in [-0.2, 0) is 44.9 Å². The molecule has 3 rings (SSSR count). The molecule has 3 aromatic rings. The largest absolute Gasteiger partial charge is 0.379 e. The van der Waals surface area contributed by atoms with Crippen molar-refractivity contribution >= 4 is 83.1 Å². The third-order valence-electron chi connectivity index (χ3n) is 9.31. The van der Waals surface area contributed by atoms with Crippen LogP contribution in [0.4, 0.5) is 11.6 Å². The number of aromatic amines is 1. The van der Waals surface area contributed by atoms with Crippen LogP contribution in [0.5, 0.6) is 0 Å². The van der Waals surface area contributed by atoms with Crippen LogP contribution in [-0.4, -0.2) is 123 Å². The van der Waals surface area contributed by atoms with Gasteiger partial charge in [-0.05, 0) is 63.8 Å². The van der Waals surface area contributed by atoms with E-state index in [1.54, 1.807) is 32.9 Å². The normalized spacial score (nSPS) is 13.1. The predicted octanol–water partition coefficient (Wildman–Crippen LogP) is -2.70. The molecule has 0 aliphatic rings. The van der Waals surface area contributed by atoms with E-state index in [2.05, 4.69) is 62.5 Å². The molecule has 5 atom stereocenters. The Morgan fingerprint density at radius 2 is 1.40 bits per heavy atom. The number of H-pyrrole nitrogens is 1. The molecule has 350 valence electrons. The van der Waals surface area contributed by atoms with Gasteiger partial charge in [0.1, 0.15) is 43.0 Å². The van der Waals surface area contributed by atoms with Gasteiger partial charge in [0.15, 0.2) is 17.1 Å². The summed E-state index contributed by atoms with van der Waals surface area (Å²) in [6.07, 6.45) is 1.57. The number of rotatable bonds is 27. The lowest BCUT2D eigenvalue weighted by molar-refractivity contribution is -0.135. The summed E-state index contributed by atoms with van der Waals surface area (Å²) < 4.78 is 0. The van der Waals surface area contributed by atoms with E-state index in [9.17, 15) is 47.9 Å². The van der Waals surface area contributed by atoms with Crippen LogP contribution >= 0.6 is 0 Å². The second-order valence-corrected chi connectivity index (χ2v) is 14.8. The zero-order chi connectivity index (χ0) is 48.1. The van der Waals surface area contributed by atoms with Crippen molar-refractivity contribution in [2.24, 2.45) is 5.73 Å². The van der Waals surface area contributed by atoms with Crippen molar-refractivity contribution in [3.63, 3.8) is 0 Å². The maximum atomic E-state index is 13.6. The molecule has 0 unspecified atom stereocenters. The SMILES string of the molecule is CC[C@H](NC(=O)CC[C@@H](C=O)NC(=O)c1ccc(NCc2cnc3nc(N)[nH]c(=O)c3n2)cc1)C(=O)N[C@@H](CCCNC(=N)N)C(=O)N[C@@H](CC=O)C(=O)N[C@@H](CC=O)C(=O)NC(C)C. The summed E-state index contributed by atoms with van der Waals surface area (Å²) in [7, 11) is 0. The van der Waals surface area contributed by atoms with E-state index in [-0.39, 0.29) is 86.3 Å². The number of hydrogen-bond acceptors (Lipinski definition) is 16. The summed E-state index contributed by atoms with van der Waals surface area (Å²) in [5.74, 6) is -4.94. The van der Waals surface area contributed by atoms with Crippen molar-refractivity contribution in [2.75, 3.05) is 17.6 Å². The molecule has 6 amide bonds. The molecule has 0 radical (unpaired) electrons. The predicted molar refractivity (Wildman–Crippen MR) is 234 cm³/mol. The number of hydrogen-bond donors (Lipinski definition) is 12. The summed E-state index contributed by atoms with van der Waals surface area (Å²) in [5.41, 5.74) is 11.7. The molecular formula is C40H55N15O10. The summed E-state index contributed by atoms with van der Waals surface area (Å²) >= 11 is 0. The number of aldehydes is 3. The molecule has 25 nitrogen and oxygen atoms in total. The number of anilines is 2. The van der Waals surface area contributed by atoms with E-state index in [1.807, 2.05) is 0 Å². The molecule has 1 aromatic carbocycles. The van der Waals surface area contributed by atoms with E-state index >= 15 is 0 Å². The summed E-state index contributed by atoms with van der Waals surface area (Å²) in [4.78, 5) is 140. The molecule has 0 saturated heterocycles. The Morgan fingerprint density at radius 1 is 0.800 bits per heavy atom. The van der Waals surface area contributed by atoms with Gasteiger partial charge in [-0.15, -0.1) is 0 Å². The summed E-state index contributed by atoms with van der Waals surface area (Å²) in [6.45, 7) is 5.24. The second kappa shape index (κ2) is 25.9. The molecule has 0 spiro atoms. The third-order valence-corrected chi connectivity index (χ3v) is 9.31. The molecule has 0 fully saturated rings. The van der Waals surface area contributed by atoms with Crippen molar-refractivity contribution in [1.29, 1.82) is 5.41 Å². The van der Waals surface area contributed by atoms with Crippen LogP contribution in [0.3, 0.4) is 0 Å². The van der Waals surface area contributed by atoms with Crippen LogP contribution in [0.15, 0.2) is 35.3 Å². The van der Waals surface area contributed by atoms with Crippen molar-refractivity contribution in [3.8, 4) is 0 Å². The molecular weight excluding hydrogens is 851 g/mol. The number of nitrogen functional groups attached to an aromatic ring is 1. The molecule has 14 N–H and O–H groups in total. The highest BCUT2D eigenvalue weighted by atomic mass is 16.2. The van der Waals surface area contributed by atoms with Crippen molar-refractivity contribution in [1.82, 2.24) is 57.2 Å². The Morgan fingerprint density at radius 3 is 1.98 bits per heavy atom. The van der Waals surface area contributed by atoms with E-state index < -0.39 is 77.6 Å². The maximum absolute atomic E-state index is 13.6. The Bertz CT molecular complexity index is 2250. The minimum Gasteiger partial charge on any atom is -0.379 e. The first-order chi connectivity index (χ1) is 31.0. The van der Waals surface area contributed by atoms with E-state index in [1.165, 1.54) is 18.3 Å². The first-order valence-electron chi connectivity index (χ1n) is 20.6. The van der Waals surface area contributed by atoms with Gasteiger partial charge < -0.3 is 68.4 Å². The van der Waals surface area contributed by atoms with Crippen LogP contribution in [0.1, 0.15) is 81.8 Å². The molecule has 0 saturated carbocycles. The highest BCUT2D eigenvalue weighted by Gasteiger charge is 2.31. The van der Waals surface area contributed by atoms with Gasteiger partial charge in [0.2, 0.25) is 35.5 Å². The van der Waals surface area contributed by atoms with Crippen molar-refractivity contribution < 1.29 is 43.2 Å². The number of carbonyl (C=O) groups excluding carboxylic acids is 9. The van der Waals surface area contributed by atoms with Gasteiger partial charge in [0, 0.05) is 43.1 Å². The maximum Gasteiger partial charge on any atom is 0.280 e. The quantitative estimate of drug-likeness (QED) is 0.0160. The number of nitrogens with one attached hydrogen (secondary N) is 10. The Balaban J connectivity index is 1.58. The molecule has 25 heteroatoms. The fourth-order valence-corrected chi connectivity index (χ4v) is 5.98. The summed E-state index contributed by atoms with van der Waals surface area (Å²) in [6, 6.07) is -0.467. The zero-order valence-corrected chi connectivity index (χ0v) is 36.0. The standard InChI is InChI=1S/C40H55N15O10/c1-4-26(34(61)51-27(6-5-15-44-39(41)42)36(63)53-29(14-17-57)37(64)52-28(13-16-56)35(62)47-21(2)3)50-30(59)12-11-24(20-58)49-33(60)22-7-9-23(10-8-22)45-18-25-19-46-32-31(48-25)38(65)55-40(43)54-32/h7-10,16-17,19-21,24,26-29,45H,4-6,11-15,18H2,1-3H3,(H,47,62)(H,49,60)(H,50,59)(H,51,61)(H,52,64)(H,53,63)(H4,41,42,44)(H3,43,46,54,55,65)/t24-,26-,27-,28-,29-/m0/s1. The van der Waals surface area contributed by atoms with Gasteiger partial charge >= 0.3 is 0 Å². The minimum atomic E-state index is -1.50. The number of benzene rings is 1. The Labute approximate surface area is 372 Å². The van der Waals surface area contributed by atoms with Gasteiger partial charge in [0.25, 0.3) is 11.5 Å². The first kappa shape index (κ1) is 51.5. The van der Waals surface area contributed by atoms with Crippen LogP contribution in [0, 0.1) is 5.41 Å². The zero-order valence-electron chi connectivity index (χ0n) is 36.0. The van der Waals surface area contributed by atoms with E-state index in [0.29, 0.717) is 30.2 Å². The average Bonchev–Trinajstić information content (AvgIpc) is 3.26. The van der Waals surface area contributed by atoms with E-state index in [0.717, 1.165) is 0 Å². The highest BCUT2D eigenvalue weighted by molar-refractivity contribution is 5.97. The van der Waals surface area contributed by atoms with Crippen LogP contribution < -0.4 is 59.6 Å². The molecule has 0 aliphatic heterocycles. The smallest absolute Gasteiger partial charge is 0.280 e. The lowest BCUT2D eigenvalue weighted by atomic mass is 10.1. The van der Waals surface area contributed by atoms with Gasteiger partial charge in [-0.3, -0.25) is 44.0 Å². The molecule has 0 bridgehead atoms. The van der Waals surface area contributed by atoms with Gasteiger partial charge in [-0.1, -0.05) is 6.92 Å². The van der Waals surface area contributed by atoms with E-state index in [4.69, 9.17) is 16.9 Å². The number of nitrogens with two attached hydrogens (primary N) is 2. The third kappa shape index (κ3) is 17.1. The number of aromatic nitrogens is 4. The lowest BCUT2D eigenvalue weighted by Gasteiger charge is -2.26. The molecule has 0 aliphatic carbocycles. The van der Waals surface area contributed by atoms with Gasteiger partial charge in [-0.25, -0.2) is 9.97 Å². The average molecular weight is 906 g/mol. The number of amides is 6. The number of fused-ring (bicyclic) bond motifs is 1. The Kier molecular flexibility index (Phi) is 20.5. The lowest BCUT2D eigenvalue weighted by Crippen LogP contribution is -2.58.